The summed E-state index contributed by atoms with van der Waals surface area (Å²) in [4.78, 5) is 28.3. The zero-order chi connectivity index (χ0) is 18.7. The maximum absolute atomic E-state index is 12.2. The predicted molar refractivity (Wildman–Crippen MR) is 94.7 cm³/mol. The van der Waals surface area contributed by atoms with Crippen molar-refractivity contribution in [1.29, 1.82) is 0 Å². The van der Waals surface area contributed by atoms with Gasteiger partial charge in [-0.25, -0.2) is 4.98 Å². The lowest BCUT2D eigenvalue weighted by molar-refractivity contribution is -0.120. The summed E-state index contributed by atoms with van der Waals surface area (Å²) in [5.41, 5.74) is 6.26. The Balaban J connectivity index is 1.80. The number of nitrogens with zero attached hydrogens (tertiary/aromatic N) is 2. The van der Waals surface area contributed by atoms with Crippen molar-refractivity contribution >= 4 is 16.9 Å². The van der Waals surface area contributed by atoms with Crippen LogP contribution < -0.4 is 16.6 Å². The number of hydrogen-bond acceptors (Lipinski definition) is 6. The number of rotatable bonds is 5. The van der Waals surface area contributed by atoms with Crippen LogP contribution in [-0.4, -0.2) is 25.9 Å². The molecule has 1 aromatic carbocycles. The van der Waals surface area contributed by atoms with E-state index < -0.39 is 11.5 Å². The molecule has 0 radical (unpaired) electrons. The molecule has 0 unspecified atom stereocenters. The number of carbonyl (C=O) groups excluding carboxylic acids is 1. The number of pyridine rings is 2. The van der Waals surface area contributed by atoms with E-state index in [0.29, 0.717) is 11.3 Å². The van der Waals surface area contributed by atoms with Gasteiger partial charge in [-0.1, -0.05) is 24.3 Å². The van der Waals surface area contributed by atoms with Crippen LogP contribution in [0.1, 0.15) is 16.7 Å². The lowest BCUT2D eigenvalue weighted by Gasteiger charge is -2.10. The molecule has 0 spiro atoms. The van der Waals surface area contributed by atoms with E-state index in [1.807, 2.05) is 24.3 Å². The molecule has 3 rings (SSSR count). The number of carbonyl (C=O) groups is 1. The van der Waals surface area contributed by atoms with E-state index in [1.165, 1.54) is 12.3 Å². The standard InChI is InChI=1S/C18H18N4O4/c19-9-11-3-1-4-12(7-11)10-21-15(23)8-14-16(24)13-5-2-6-20-17(13)22(26)18(14)25/h1-7,24,26H,8-10,19H2,(H,21,23). The predicted octanol–water partition coefficient (Wildman–Crippen LogP) is 0.657. The van der Waals surface area contributed by atoms with Crippen molar-refractivity contribution in [3.05, 3.63) is 69.6 Å². The molecular formula is C18H18N4O4. The van der Waals surface area contributed by atoms with Crippen LogP contribution in [0.3, 0.4) is 0 Å². The number of nitrogens with two attached hydrogens (primary N) is 1. The Morgan fingerprint density at radius 2 is 2.00 bits per heavy atom. The van der Waals surface area contributed by atoms with Crippen LogP contribution >= 0.6 is 0 Å². The topological polar surface area (TPSA) is 130 Å². The van der Waals surface area contributed by atoms with Crippen LogP contribution in [0.2, 0.25) is 0 Å². The summed E-state index contributed by atoms with van der Waals surface area (Å²) in [6, 6.07) is 10.5. The fourth-order valence-corrected chi connectivity index (χ4v) is 2.69. The van der Waals surface area contributed by atoms with Gasteiger partial charge in [0.15, 0.2) is 5.65 Å². The first-order valence-corrected chi connectivity index (χ1v) is 7.96. The quantitative estimate of drug-likeness (QED) is 0.498. The Morgan fingerprint density at radius 3 is 2.77 bits per heavy atom. The van der Waals surface area contributed by atoms with Crippen molar-refractivity contribution < 1.29 is 15.1 Å². The first-order valence-electron chi connectivity index (χ1n) is 7.96. The lowest BCUT2D eigenvalue weighted by Crippen LogP contribution is -2.30. The molecule has 0 fully saturated rings. The second-order valence-electron chi connectivity index (χ2n) is 5.80. The molecule has 8 heteroatoms. The highest BCUT2D eigenvalue weighted by atomic mass is 16.5. The molecule has 1 amide bonds. The van der Waals surface area contributed by atoms with Gasteiger partial charge in [0.05, 0.1) is 17.4 Å². The van der Waals surface area contributed by atoms with Crippen molar-refractivity contribution in [2.24, 2.45) is 5.73 Å². The fourth-order valence-electron chi connectivity index (χ4n) is 2.69. The van der Waals surface area contributed by atoms with E-state index in [1.54, 1.807) is 6.07 Å². The monoisotopic (exact) mass is 354 g/mol. The van der Waals surface area contributed by atoms with Gasteiger partial charge in [0.25, 0.3) is 5.56 Å². The van der Waals surface area contributed by atoms with E-state index in [9.17, 15) is 19.9 Å². The van der Waals surface area contributed by atoms with Crippen molar-refractivity contribution in [1.82, 2.24) is 15.0 Å². The minimum Gasteiger partial charge on any atom is -0.507 e. The number of nitrogens with one attached hydrogen (secondary N) is 1. The Bertz CT molecular complexity index is 1030. The molecule has 0 bridgehead atoms. The fraction of sp³-hybridized carbons (Fsp3) is 0.167. The number of hydrogen-bond donors (Lipinski definition) is 4. The van der Waals surface area contributed by atoms with Gasteiger partial charge < -0.3 is 21.4 Å². The average Bonchev–Trinajstić information content (AvgIpc) is 2.68. The van der Waals surface area contributed by atoms with Crippen LogP contribution in [0.15, 0.2) is 47.4 Å². The number of aromatic hydroxyl groups is 1. The van der Waals surface area contributed by atoms with Gasteiger partial charge in [0, 0.05) is 19.3 Å². The second kappa shape index (κ2) is 7.24. The molecule has 3 aromatic rings. The minimum atomic E-state index is -0.881. The minimum absolute atomic E-state index is 0.0715. The SMILES string of the molecule is NCc1cccc(CNC(=O)Cc2c(O)c3cccnc3n(O)c2=O)c1. The maximum atomic E-state index is 12.2. The van der Waals surface area contributed by atoms with Gasteiger partial charge >= 0.3 is 0 Å². The normalized spacial score (nSPS) is 10.8. The van der Waals surface area contributed by atoms with Crippen LogP contribution in [0.5, 0.6) is 5.75 Å². The summed E-state index contributed by atoms with van der Waals surface area (Å²) >= 11 is 0. The molecule has 134 valence electrons. The molecule has 0 saturated heterocycles. The lowest BCUT2D eigenvalue weighted by atomic mass is 10.1. The van der Waals surface area contributed by atoms with Crippen molar-refractivity contribution in [3.63, 3.8) is 0 Å². The zero-order valence-corrected chi connectivity index (χ0v) is 13.8. The number of aromatic nitrogens is 2. The summed E-state index contributed by atoms with van der Waals surface area (Å²) in [6.45, 7) is 0.659. The van der Waals surface area contributed by atoms with Gasteiger partial charge in [-0.3, -0.25) is 9.59 Å². The van der Waals surface area contributed by atoms with Crippen LogP contribution in [-0.2, 0) is 24.3 Å². The highest BCUT2D eigenvalue weighted by Gasteiger charge is 2.19. The summed E-state index contributed by atoms with van der Waals surface area (Å²) in [6.07, 6.45) is 1.02. The van der Waals surface area contributed by atoms with Crippen LogP contribution in [0, 0.1) is 0 Å². The summed E-state index contributed by atoms with van der Waals surface area (Å²) in [5, 5.41) is 23.1. The zero-order valence-electron chi connectivity index (χ0n) is 13.8. The van der Waals surface area contributed by atoms with Gasteiger partial charge in [-0.2, -0.15) is 0 Å². The Morgan fingerprint density at radius 1 is 1.23 bits per heavy atom. The third-order valence-electron chi connectivity index (χ3n) is 4.03. The molecule has 0 aliphatic rings. The van der Waals surface area contributed by atoms with E-state index >= 15 is 0 Å². The van der Waals surface area contributed by atoms with E-state index in [0.717, 1.165) is 11.1 Å². The summed E-state index contributed by atoms with van der Waals surface area (Å²) in [5.74, 6) is -0.817. The summed E-state index contributed by atoms with van der Waals surface area (Å²) < 4.78 is 0.336. The van der Waals surface area contributed by atoms with Crippen molar-refractivity contribution in [2.75, 3.05) is 0 Å². The Hall–Kier alpha value is -3.39. The molecule has 2 aromatic heterocycles. The van der Waals surface area contributed by atoms with Crippen molar-refractivity contribution in [2.45, 2.75) is 19.5 Å². The average molecular weight is 354 g/mol. The highest BCUT2D eigenvalue weighted by Crippen LogP contribution is 2.24. The molecule has 0 aliphatic carbocycles. The maximum Gasteiger partial charge on any atom is 0.292 e. The van der Waals surface area contributed by atoms with Gasteiger partial charge in [-0.15, -0.1) is 4.73 Å². The highest BCUT2D eigenvalue weighted by molar-refractivity contribution is 5.86. The molecular weight excluding hydrogens is 336 g/mol. The molecule has 8 nitrogen and oxygen atoms in total. The van der Waals surface area contributed by atoms with Crippen molar-refractivity contribution in [3.8, 4) is 5.75 Å². The molecule has 26 heavy (non-hydrogen) atoms. The molecule has 5 N–H and O–H groups in total. The number of amides is 1. The second-order valence-corrected chi connectivity index (χ2v) is 5.80. The third-order valence-corrected chi connectivity index (χ3v) is 4.03. The number of fused-ring (bicyclic) bond motifs is 1. The molecule has 2 heterocycles. The van der Waals surface area contributed by atoms with Crippen LogP contribution in [0.25, 0.3) is 11.0 Å². The largest absolute Gasteiger partial charge is 0.507 e. The molecule has 0 atom stereocenters. The van der Waals surface area contributed by atoms with Gasteiger partial charge in [0.2, 0.25) is 5.91 Å². The third kappa shape index (κ3) is 3.35. The first kappa shape index (κ1) is 17.4. The van der Waals surface area contributed by atoms with E-state index in [4.69, 9.17) is 5.73 Å². The van der Waals surface area contributed by atoms with Gasteiger partial charge in [0.1, 0.15) is 5.75 Å². The smallest absolute Gasteiger partial charge is 0.292 e. The Kier molecular flexibility index (Phi) is 4.85. The number of benzene rings is 1. The van der Waals surface area contributed by atoms with Crippen LogP contribution in [0.4, 0.5) is 0 Å². The molecule has 0 aliphatic heterocycles. The first-order chi connectivity index (χ1) is 12.5. The van der Waals surface area contributed by atoms with Gasteiger partial charge in [-0.05, 0) is 23.3 Å². The summed E-state index contributed by atoms with van der Waals surface area (Å²) in [7, 11) is 0. The Labute approximate surface area is 148 Å². The molecule has 0 saturated carbocycles. The van der Waals surface area contributed by atoms with E-state index in [2.05, 4.69) is 10.3 Å². The van der Waals surface area contributed by atoms with E-state index in [-0.39, 0.29) is 35.3 Å².